The first-order valence-corrected chi connectivity index (χ1v) is 12.8. The Morgan fingerprint density at radius 1 is 0.969 bits per heavy atom. The van der Waals surface area contributed by atoms with E-state index in [2.05, 4.69) is 10.2 Å². The van der Waals surface area contributed by atoms with Crippen molar-refractivity contribution in [1.29, 1.82) is 0 Å². The molecule has 0 radical (unpaired) electrons. The summed E-state index contributed by atoms with van der Waals surface area (Å²) in [5.74, 6) is -0.240. The Morgan fingerprint density at radius 3 is 2.31 bits per heavy atom. The summed E-state index contributed by atoms with van der Waals surface area (Å²) in [6.45, 7) is 5.68. The van der Waals surface area contributed by atoms with Crippen LogP contribution in [0.2, 0.25) is 5.02 Å². The molecule has 1 N–H and O–H groups in total. The average Bonchev–Trinajstić information content (AvgIpc) is 2.80. The van der Waals surface area contributed by atoms with Crippen LogP contribution in [0.1, 0.15) is 11.1 Å². The lowest BCUT2D eigenvalue weighted by atomic mass is 10.0. The van der Waals surface area contributed by atoms with Gasteiger partial charge in [-0.2, -0.15) is 3.82 Å². The second kappa shape index (κ2) is 9.71. The Morgan fingerprint density at radius 2 is 1.62 bits per heavy atom. The molecule has 0 amide bonds. The highest BCUT2D eigenvalue weighted by Gasteiger charge is 2.24. The van der Waals surface area contributed by atoms with E-state index in [4.69, 9.17) is 23.4 Å². The molecule has 0 saturated carbocycles. The molecule has 3 aromatic carbocycles. The van der Waals surface area contributed by atoms with Crippen LogP contribution in [0.25, 0.3) is 11.1 Å². The van der Waals surface area contributed by atoms with Crippen molar-refractivity contribution in [3.05, 3.63) is 82.9 Å². The molecule has 1 heterocycles. The number of halogens is 2. The van der Waals surface area contributed by atoms with E-state index < -0.39 is 10.0 Å². The van der Waals surface area contributed by atoms with E-state index in [1.165, 1.54) is 0 Å². The number of anilines is 2. The average molecular weight is 490 g/mol. The van der Waals surface area contributed by atoms with Crippen molar-refractivity contribution < 1.29 is 8.42 Å². The van der Waals surface area contributed by atoms with Gasteiger partial charge in [-0.1, -0.05) is 54.1 Å². The normalized spacial score (nSPS) is 14.4. The SMILES string of the molecule is Cc1cc(N(Cl)S(=O)(=O)Cc2ccccc2-c2ccccc2Cl)ccc1N1CCNCC1. The van der Waals surface area contributed by atoms with Gasteiger partial charge in [-0.05, 0) is 47.9 Å². The molecule has 1 saturated heterocycles. The third kappa shape index (κ3) is 4.89. The minimum absolute atomic E-state index is 0.240. The van der Waals surface area contributed by atoms with Gasteiger partial charge in [-0.15, -0.1) is 0 Å². The Labute approximate surface area is 199 Å². The smallest absolute Gasteiger partial charge is 0.253 e. The van der Waals surface area contributed by atoms with Gasteiger partial charge in [-0.3, -0.25) is 0 Å². The number of hydrogen-bond donors (Lipinski definition) is 1. The molecule has 0 spiro atoms. The third-order valence-electron chi connectivity index (χ3n) is 5.60. The van der Waals surface area contributed by atoms with Crippen LogP contribution in [0.5, 0.6) is 0 Å². The molecule has 8 heteroatoms. The molecule has 0 bridgehead atoms. The van der Waals surface area contributed by atoms with E-state index in [0.29, 0.717) is 16.3 Å². The summed E-state index contributed by atoms with van der Waals surface area (Å²) in [6, 6.07) is 20.3. The zero-order chi connectivity index (χ0) is 22.7. The lowest BCUT2D eigenvalue weighted by Gasteiger charge is -2.31. The molecular formula is C24H25Cl2N3O2S. The zero-order valence-electron chi connectivity index (χ0n) is 17.8. The fraction of sp³-hybridized carbons (Fsp3) is 0.250. The summed E-state index contributed by atoms with van der Waals surface area (Å²) in [4.78, 5) is 2.29. The van der Waals surface area contributed by atoms with Crippen LogP contribution < -0.4 is 14.0 Å². The Bertz CT molecular complexity index is 1210. The third-order valence-corrected chi connectivity index (χ3v) is 8.14. The minimum Gasteiger partial charge on any atom is -0.369 e. The van der Waals surface area contributed by atoms with Gasteiger partial charge < -0.3 is 10.2 Å². The number of piperazine rings is 1. The summed E-state index contributed by atoms with van der Waals surface area (Å²) in [6.07, 6.45) is 0. The van der Waals surface area contributed by atoms with Crippen molar-refractivity contribution in [3.8, 4) is 11.1 Å². The lowest BCUT2D eigenvalue weighted by molar-refractivity contribution is 0.588. The second-order valence-electron chi connectivity index (χ2n) is 7.82. The molecule has 0 atom stereocenters. The van der Waals surface area contributed by atoms with Gasteiger partial charge in [0.15, 0.2) is 0 Å². The molecule has 0 aliphatic carbocycles. The van der Waals surface area contributed by atoms with Crippen LogP contribution in [-0.2, 0) is 15.8 Å². The van der Waals surface area contributed by atoms with Crippen molar-refractivity contribution >= 4 is 44.8 Å². The lowest BCUT2D eigenvalue weighted by Crippen LogP contribution is -2.43. The molecule has 4 rings (SSSR count). The highest BCUT2D eigenvalue weighted by atomic mass is 35.5. The summed E-state index contributed by atoms with van der Waals surface area (Å²) >= 11 is 12.7. The van der Waals surface area contributed by atoms with E-state index in [-0.39, 0.29) is 5.75 Å². The van der Waals surface area contributed by atoms with Gasteiger partial charge in [0.1, 0.15) is 0 Å². The molecule has 32 heavy (non-hydrogen) atoms. The predicted octanol–water partition coefficient (Wildman–Crippen LogP) is 5.22. The van der Waals surface area contributed by atoms with Crippen molar-refractivity contribution in [2.75, 3.05) is 34.9 Å². The summed E-state index contributed by atoms with van der Waals surface area (Å²) < 4.78 is 27.3. The number of hydrogen-bond acceptors (Lipinski definition) is 4. The van der Waals surface area contributed by atoms with Gasteiger partial charge >= 0.3 is 0 Å². The number of benzene rings is 3. The first kappa shape index (κ1) is 22.9. The Hall–Kier alpha value is -2.25. The van der Waals surface area contributed by atoms with Crippen molar-refractivity contribution in [2.24, 2.45) is 0 Å². The molecule has 1 aliphatic rings. The predicted molar refractivity (Wildman–Crippen MR) is 134 cm³/mol. The summed E-state index contributed by atoms with van der Waals surface area (Å²) in [7, 11) is -3.83. The maximum absolute atomic E-state index is 13.2. The summed E-state index contributed by atoms with van der Waals surface area (Å²) in [5.41, 5.74) is 4.72. The van der Waals surface area contributed by atoms with Gasteiger partial charge in [0, 0.05) is 54.2 Å². The molecule has 168 valence electrons. The highest BCUT2D eigenvalue weighted by Crippen LogP contribution is 2.33. The molecule has 5 nitrogen and oxygen atoms in total. The maximum atomic E-state index is 13.2. The number of rotatable bonds is 6. The fourth-order valence-corrected chi connectivity index (χ4v) is 5.69. The quantitative estimate of drug-likeness (QED) is 0.482. The molecular weight excluding hydrogens is 465 g/mol. The number of nitrogens with one attached hydrogen (secondary N) is 1. The fourth-order valence-electron chi connectivity index (χ4n) is 4.01. The van der Waals surface area contributed by atoms with Crippen LogP contribution in [0.4, 0.5) is 11.4 Å². The molecule has 1 fully saturated rings. The van der Waals surface area contributed by atoms with Crippen molar-refractivity contribution in [3.63, 3.8) is 0 Å². The van der Waals surface area contributed by atoms with E-state index in [0.717, 1.165) is 52.4 Å². The molecule has 1 aliphatic heterocycles. The van der Waals surface area contributed by atoms with Crippen LogP contribution >= 0.6 is 23.4 Å². The van der Waals surface area contributed by atoms with E-state index in [1.54, 1.807) is 18.2 Å². The van der Waals surface area contributed by atoms with Crippen LogP contribution in [0.3, 0.4) is 0 Å². The van der Waals surface area contributed by atoms with Gasteiger partial charge in [0.05, 0.1) is 11.4 Å². The first-order valence-electron chi connectivity index (χ1n) is 10.4. The minimum atomic E-state index is -3.83. The van der Waals surface area contributed by atoms with Crippen LogP contribution in [-0.4, -0.2) is 34.6 Å². The Balaban J connectivity index is 1.60. The van der Waals surface area contributed by atoms with Crippen LogP contribution in [0, 0.1) is 6.92 Å². The summed E-state index contributed by atoms with van der Waals surface area (Å²) in [5, 5.41) is 3.91. The first-order chi connectivity index (χ1) is 15.4. The topological polar surface area (TPSA) is 52.7 Å². The Kier molecular flexibility index (Phi) is 6.96. The molecule has 0 unspecified atom stereocenters. The van der Waals surface area contributed by atoms with Crippen LogP contribution in [0.15, 0.2) is 66.7 Å². The van der Waals surface area contributed by atoms with E-state index >= 15 is 0 Å². The standard InChI is InChI=1S/C24H25Cl2N3O2S/c1-18-16-20(10-11-24(18)28-14-12-27-13-15-28)29(26)32(30,31)17-19-6-2-3-7-21(19)22-8-4-5-9-23(22)25/h2-11,16,27H,12-15,17H2,1H3. The maximum Gasteiger partial charge on any atom is 0.253 e. The second-order valence-corrected chi connectivity index (χ2v) is 10.6. The largest absolute Gasteiger partial charge is 0.369 e. The van der Waals surface area contributed by atoms with Crippen molar-refractivity contribution in [1.82, 2.24) is 5.32 Å². The monoisotopic (exact) mass is 489 g/mol. The van der Waals surface area contributed by atoms with E-state index in [9.17, 15) is 8.42 Å². The number of nitrogens with zero attached hydrogens (tertiary/aromatic N) is 2. The van der Waals surface area contributed by atoms with Gasteiger partial charge in [0.2, 0.25) is 0 Å². The molecule has 0 aromatic heterocycles. The van der Waals surface area contributed by atoms with Gasteiger partial charge in [-0.25, -0.2) is 8.42 Å². The highest BCUT2D eigenvalue weighted by molar-refractivity contribution is 7.93. The molecule has 3 aromatic rings. The van der Waals surface area contributed by atoms with Gasteiger partial charge in [0.25, 0.3) is 10.0 Å². The van der Waals surface area contributed by atoms with E-state index in [1.807, 2.05) is 55.5 Å². The zero-order valence-corrected chi connectivity index (χ0v) is 20.1. The number of sulfonamides is 1. The van der Waals surface area contributed by atoms with Crippen molar-refractivity contribution in [2.45, 2.75) is 12.7 Å². The number of aryl methyl sites for hydroxylation is 1.